The summed E-state index contributed by atoms with van der Waals surface area (Å²) in [5.41, 5.74) is 3.45. The average molecular weight is 371 g/mol. The number of methoxy groups -OCH3 is 2. The van der Waals surface area contributed by atoms with Crippen molar-refractivity contribution in [1.82, 2.24) is 5.32 Å². The fraction of sp³-hybridized carbons (Fsp3) is 0.429. The fourth-order valence-electron chi connectivity index (χ4n) is 3.83. The molecule has 0 radical (unpaired) electrons. The number of carbonyl (C=O) groups excluding carboxylic acids is 2. The molecule has 0 saturated carbocycles. The van der Waals surface area contributed by atoms with Crippen LogP contribution in [0, 0.1) is 0 Å². The standard InChI is InChI=1S/C21H25NO5/c1-5-27-21(24)18-12(2)22-15-7-6-8-16(23)20(15)19(18)14-10-9-13(25-3)11-17(14)26-4/h9-11,19,22H,5-8H2,1-4H3/t19-/m0/s1. The van der Waals surface area contributed by atoms with Gasteiger partial charge in [0.25, 0.3) is 0 Å². The normalized spacial score (nSPS) is 19.4. The summed E-state index contributed by atoms with van der Waals surface area (Å²) >= 11 is 0. The van der Waals surface area contributed by atoms with Crippen LogP contribution in [-0.2, 0) is 14.3 Å². The summed E-state index contributed by atoms with van der Waals surface area (Å²) in [5.74, 6) is 0.332. The lowest BCUT2D eigenvalue weighted by atomic mass is 9.75. The summed E-state index contributed by atoms with van der Waals surface area (Å²) in [6, 6.07) is 5.43. The van der Waals surface area contributed by atoms with E-state index in [0.29, 0.717) is 34.8 Å². The van der Waals surface area contributed by atoms with E-state index in [1.807, 2.05) is 19.1 Å². The smallest absolute Gasteiger partial charge is 0.336 e. The van der Waals surface area contributed by atoms with Crippen LogP contribution in [0.4, 0.5) is 0 Å². The molecule has 0 bridgehead atoms. The maximum Gasteiger partial charge on any atom is 0.336 e. The number of nitrogens with one attached hydrogen (secondary N) is 1. The third-order valence-electron chi connectivity index (χ3n) is 5.02. The molecule has 0 fully saturated rings. The molecule has 1 heterocycles. The largest absolute Gasteiger partial charge is 0.497 e. The lowest BCUT2D eigenvalue weighted by Gasteiger charge is -2.34. The number of dihydropyridines is 1. The molecule has 3 rings (SSSR count). The van der Waals surface area contributed by atoms with Gasteiger partial charge in [0.1, 0.15) is 11.5 Å². The summed E-state index contributed by atoms with van der Waals surface area (Å²) in [6.45, 7) is 3.88. The number of carbonyl (C=O) groups is 2. The van der Waals surface area contributed by atoms with Crippen molar-refractivity contribution in [3.05, 3.63) is 46.3 Å². The zero-order valence-corrected chi connectivity index (χ0v) is 16.2. The number of benzene rings is 1. The van der Waals surface area contributed by atoms with Gasteiger partial charge in [0.05, 0.1) is 32.3 Å². The van der Waals surface area contributed by atoms with Crippen LogP contribution in [0.5, 0.6) is 11.5 Å². The average Bonchev–Trinajstić information content (AvgIpc) is 2.66. The lowest BCUT2D eigenvalue weighted by molar-refractivity contribution is -0.138. The molecule has 0 spiro atoms. The zero-order chi connectivity index (χ0) is 19.6. The van der Waals surface area contributed by atoms with E-state index in [9.17, 15) is 9.59 Å². The van der Waals surface area contributed by atoms with E-state index < -0.39 is 11.9 Å². The Hall–Kier alpha value is -2.76. The Kier molecular flexibility index (Phi) is 5.54. The Labute approximate surface area is 159 Å². The van der Waals surface area contributed by atoms with E-state index in [1.54, 1.807) is 27.2 Å². The molecule has 144 valence electrons. The first kappa shape index (κ1) is 19.0. The first-order valence-electron chi connectivity index (χ1n) is 9.14. The molecule has 6 heteroatoms. The van der Waals surface area contributed by atoms with Crippen molar-refractivity contribution in [1.29, 1.82) is 0 Å². The second-order valence-corrected chi connectivity index (χ2v) is 6.59. The Morgan fingerprint density at radius 3 is 2.67 bits per heavy atom. The van der Waals surface area contributed by atoms with Gasteiger partial charge in [-0.2, -0.15) is 0 Å². The van der Waals surface area contributed by atoms with Crippen molar-refractivity contribution in [2.24, 2.45) is 0 Å². The zero-order valence-electron chi connectivity index (χ0n) is 16.2. The van der Waals surface area contributed by atoms with Crippen molar-refractivity contribution in [3.63, 3.8) is 0 Å². The first-order valence-corrected chi connectivity index (χ1v) is 9.14. The summed E-state index contributed by atoms with van der Waals surface area (Å²) < 4.78 is 16.2. The van der Waals surface area contributed by atoms with Gasteiger partial charge in [-0.25, -0.2) is 4.79 Å². The maximum absolute atomic E-state index is 12.8. The van der Waals surface area contributed by atoms with Gasteiger partial charge in [0, 0.05) is 35.0 Å². The molecule has 1 aliphatic carbocycles. The number of esters is 1. The number of hydrogen-bond donors (Lipinski definition) is 1. The van der Waals surface area contributed by atoms with Gasteiger partial charge in [0.2, 0.25) is 0 Å². The predicted molar refractivity (Wildman–Crippen MR) is 101 cm³/mol. The highest BCUT2D eigenvalue weighted by atomic mass is 16.5. The van der Waals surface area contributed by atoms with Gasteiger partial charge in [-0.3, -0.25) is 4.79 Å². The van der Waals surface area contributed by atoms with E-state index in [1.165, 1.54) is 0 Å². The lowest BCUT2D eigenvalue weighted by Crippen LogP contribution is -2.34. The topological polar surface area (TPSA) is 73.9 Å². The highest BCUT2D eigenvalue weighted by Crippen LogP contribution is 2.45. The van der Waals surface area contributed by atoms with Gasteiger partial charge < -0.3 is 19.5 Å². The Balaban J connectivity index is 2.21. The highest BCUT2D eigenvalue weighted by molar-refractivity contribution is 6.04. The third-order valence-corrected chi connectivity index (χ3v) is 5.02. The van der Waals surface area contributed by atoms with Gasteiger partial charge in [-0.15, -0.1) is 0 Å². The van der Waals surface area contributed by atoms with Crippen LogP contribution in [0.25, 0.3) is 0 Å². The first-order chi connectivity index (χ1) is 13.0. The maximum atomic E-state index is 12.8. The molecule has 0 unspecified atom stereocenters. The highest BCUT2D eigenvalue weighted by Gasteiger charge is 2.40. The van der Waals surface area contributed by atoms with E-state index in [0.717, 1.165) is 24.1 Å². The van der Waals surface area contributed by atoms with Crippen molar-refractivity contribution in [2.45, 2.75) is 39.0 Å². The van der Waals surface area contributed by atoms with Gasteiger partial charge in [-0.05, 0) is 32.8 Å². The minimum absolute atomic E-state index is 0.0564. The second kappa shape index (κ2) is 7.86. The van der Waals surface area contributed by atoms with Crippen molar-refractivity contribution in [3.8, 4) is 11.5 Å². The monoisotopic (exact) mass is 371 g/mol. The van der Waals surface area contributed by atoms with Crippen molar-refractivity contribution in [2.75, 3.05) is 20.8 Å². The van der Waals surface area contributed by atoms with E-state index in [2.05, 4.69) is 5.32 Å². The number of ketones is 1. The molecule has 0 saturated heterocycles. The Bertz CT molecular complexity index is 837. The van der Waals surface area contributed by atoms with E-state index >= 15 is 0 Å². The number of Topliss-reactive ketones (excluding diaryl/α,β-unsaturated/α-hetero) is 1. The number of allylic oxidation sites excluding steroid dienone is 3. The SMILES string of the molecule is CCOC(=O)C1=C(C)NC2=C(C(=O)CCC2)[C@H]1c1ccc(OC)cc1OC. The van der Waals surface area contributed by atoms with E-state index in [-0.39, 0.29) is 12.4 Å². The molecule has 6 nitrogen and oxygen atoms in total. The Morgan fingerprint density at radius 2 is 2.00 bits per heavy atom. The molecule has 0 aromatic heterocycles. The summed E-state index contributed by atoms with van der Waals surface area (Å²) in [7, 11) is 3.15. The summed E-state index contributed by atoms with van der Waals surface area (Å²) in [5, 5.41) is 3.27. The van der Waals surface area contributed by atoms with Crippen LogP contribution in [0.3, 0.4) is 0 Å². The van der Waals surface area contributed by atoms with Crippen LogP contribution in [-0.4, -0.2) is 32.6 Å². The Morgan fingerprint density at radius 1 is 1.22 bits per heavy atom. The van der Waals surface area contributed by atoms with Gasteiger partial charge in [0.15, 0.2) is 5.78 Å². The number of rotatable bonds is 5. The molecular weight excluding hydrogens is 346 g/mol. The molecule has 1 aliphatic heterocycles. The molecule has 1 aromatic carbocycles. The predicted octanol–water partition coefficient (Wildman–Crippen LogP) is 3.23. The third kappa shape index (κ3) is 3.44. The molecule has 27 heavy (non-hydrogen) atoms. The number of hydrogen-bond acceptors (Lipinski definition) is 6. The fourth-order valence-corrected chi connectivity index (χ4v) is 3.83. The second-order valence-electron chi connectivity index (χ2n) is 6.59. The van der Waals surface area contributed by atoms with Crippen LogP contribution in [0.1, 0.15) is 44.6 Å². The molecule has 2 aliphatic rings. The van der Waals surface area contributed by atoms with Crippen LogP contribution >= 0.6 is 0 Å². The minimum atomic E-state index is -0.519. The molecule has 1 atom stereocenters. The van der Waals surface area contributed by atoms with Crippen molar-refractivity contribution < 1.29 is 23.8 Å². The number of ether oxygens (including phenoxy) is 3. The van der Waals surface area contributed by atoms with Crippen LogP contribution < -0.4 is 14.8 Å². The summed E-state index contributed by atoms with van der Waals surface area (Å²) in [6.07, 6.45) is 2.06. The molecule has 1 aromatic rings. The molecular formula is C21H25NO5. The minimum Gasteiger partial charge on any atom is -0.497 e. The molecule has 0 amide bonds. The van der Waals surface area contributed by atoms with Crippen molar-refractivity contribution >= 4 is 11.8 Å². The van der Waals surface area contributed by atoms with Crippen LogP contribution in [0.2, 0.25) is 0 Å². The molecule has 1 N–H and O–H groups in total. The van der Waals surface area contributed by atoms with Gasteiger partial charge >= 0.3 is 5.97 Å². The summed E-state index contributed by atoms with van der Waals surface area (Å²) in [4.78, 5) is 25.6. The van der Waals surface area contributed by atoms with E-state index in [4.69, 9.17) is 14.2 Å². The van der Waals surface area contributed by atoms with Gasteiger partial charge in [-0.1, -0.05) is 6.07 Å². The quantitative estimate of drug-likeness (QED) is 0.801. The van der Waals surface area contributed by atoms with Crippen LogP contribution in [0.15, 0.2) is 40.7 Å².